The SMILES string of the molecule is NC1=NC2[C@H](CO)N=C(N)N3C[C@H](OC(=O)C4([C@H]5C=CC(Cl)=CC5)CC4)C(O)(O)[C@]23N1. The number of rotatable bonds is 4. The maximum atomic E-state index is 13.2. The smallest absolute Gasteiger partial charge is 0.313 e. The van der Waals surface area contributed by atoms with Gasteiger partial charge in [-0.25, -0.2) is 9.98 Å². The van der Waals surface area contributed by atoms with E-state index in [2.05, 4.69) is 15.3 Å². The molecule has 5 rings (SSSR count). The van der Waals surface area contributed by atoms with Crippen molar-refractivity contribution in [3.8, 4) is 0 Å². The van der Waals surface area contributed by atoms with Crippen LogP contribution in [0.1, 0.15) is 19.3 Å². The molecule has 0 radical (unpaired) electrons. The first-order chi connectivity index (χ1) is 14.7. The molecule has 1 saturated heterocycles. The largest absolute Gasteiger partial charge is 0.454 e. The summed E-state index contributed by atoms with van der Waals surface area (Å²) in [5.74, 6) is -3.26. The first kappa shape index (κ1) is 20.6. The number of aliphatic hydroxyl groups is 3. The summed E-state index contributed by atoms with van der Waals surface area (Å²) in [5, 5.41) is 35.7. The van der Waals surface area contributed by atoms with Crippen LogP contribution in [0.3, 0.4) is 0 Å². The van der Waals surface area contributed by atoms with Crippen molar-refractivity contribution in [2.45, 2.75) is 48.9 Å². The molecule has 0 amide bonds. The zero-order valence-electron chi connectivity index (χ0n) is 16.6. The van der Waals surface area contributed by atoms with Gasteiger partial charge in [-0.1, -0.05) is 23.8 Å². The molecule has 1 unspecified atom stereocenters. The second-order valence-electron chi connectivity index (χ2n) is 8.76. The molecule has 31 heavy (non-hydrogen) atoms. The van der Waals surface area contributed by atoms with Gasteiger partial charge in [0.25, 0.3) is 0 Å². The van der Waals surface area contributed by atoms with Crippen LogP contribution < -0.4 is 16.8 Å². The third kappa shape index (κ3) is 2.67. The highest BCUT2D eigenvalue weighted by Gasteiger charge is 2.74. The summed E-state index contributed by atoms with van der Waals surface area (Å²) in [6.07, 6.45) is 6.08. The van der Waals surface area contributed by atoms with E-state index in [1.807, 2.05) is 12.2 Å². The highest BCUT2D eigenvalue weighted by atomic mass is 35.5. The number of nitrogens with two attached hydrogens (primary N) is 2. The van der Waals surface area contributed by atoms with E-state index in [0.29, 0.717) is 24.3 Å². The Morgan fingerprint density at radius 1 is 1.35 bits per heavy atom. The van der Waals surface area contributed by atoms with Gasteiger partial charge in [0.15, 0.2) is 23.7 Å². The van der Waals surface area contributed by atoms with Crippen LogP contribution in [0.4, 0.5) is 0 Å². The zero-order valence-corrected chi connectivity index (χ0v) is 17.4. The number of nitrogens with one attached hydrogen (secondary N) is 1. The number of carbonyl (C=O) groups excluding carboxylic acids is 1. The Bertz CT molecular complexity index is 944. The summed E-state index contributed by atoms with van der Waals surface area (Å²) in [6, 6.07) is -1.77. The summed E-state index contributed by atoms with van der Waals surface area (Å²) in [4.78, 5) is 23.0. The Morgan fingerprint density at radius 3 is 2.71 bits per heavy atom. The average Bonchev–Trinajstić information content (AvgIpc) is 3.40. The minimum atomic E-state index is -2.60. The van der Waals surface area contributed by atoms with E-state index in [0.717, 1.165) is 0 Å². The predicted octanol–water partition coefficient (Wildman–Crippen LogP) is -1.95. The molecular formula is C19H25ClN6O5. The molecule has 0 bridgehead atoms. The van der Waals surface area contributed by atoms with Gasteiger partial charge in [0, 0.05) is 5.03 Å². The lowest BCUT2D eigenvalue weighted by molar-refractivity contribution is -0.264. The molecule has 0 aromatic carbocycles. The monoisotopic (exact) mass is 452 g/mol. The molecule has 1 spiro atoms. The fourth-order valence-electron chi connectivity index (χ4n) is 5.28. The van der Waals surface area contributed by atoms with Crippen molar-refractivity contribution in [1.29, 1.82) is 0 Å². The van der Waals surface area contributed by atoms with E-state index in [9.17, 15) is 20.1 Å². The number of esters is 1. The number of nitrogens with zero attached hydrogens (tertiary/aromatic N) is 3. The van der Waals surface area contributed by atoms with Crippen LogP contribution in [0, 0.1) is 11.3 Å². The summed E-state index contributed by atoms with van der Waals surface area (Å²) in [6.45, 7) is -0.548. The Hall–Kier alpha value is -2.34. The quantitative estimate of drug-likeness (QED) is 0.209. The summed E-state index contributed by atoms with van der Waals surface area (Å²) in [5.41, 5.74) is 9.49. The van der Waals surface area contributed by atoms with E-state index in [1.165, 1.54) is 4.90 Å². The lowest BCUT2D eigenvalue weighted by Crippen LogP contribution is -2.77. The van der Waals surface area contributed by atoms with E-state index >= 15 is 0 Å². The van der Waals surface area contributed by atoms with Crippen LogP contribution in [0.2, 0.25) is 0 Å². The molecule has 5 atom stereocenters. The van der Waals surface area contributed by atoms with E-state index in [1.54, 1.807) is 6.08 Å². The number of hydrogen-bond donors (Lipinski definition) is 6. The highest BCUT2D eigenvalue weighted by Crippen LogP contribution is 2.56. The molecule has 168 valence electrons. The second kappa shape index (κ2) is 6.58. The maximum Gasteiger partial charge on any atom is 0.313 e. The number of halogens is 1. The van der Waals surface area contributed by atoms with E-state index in [4.69, 9.17) is 27.8 Å². The Kier molecular flexibility index (Phi) is 4.36. The predicted molar refractivity (Wildman–Crippen MR) is 110 cm³/mol. The summed E-state index contributed by atoms with van der Waals surface area (Å²) >= 11 is 5.99. The summed E-state index contributed by atoms with van der Waals surface area (Å²) < 4.78 is 5.71. The fourth-order valence-corrected chi connectivity index (χ4v) is 5.45. The van der Waals surface area contributed by atoms with Gasteiger partial charge in [0.05, 0.1) is 18.6 Å². The van der Waals surface area contributed by atoms with Gasteiger partial charge in [-0.15, -0.1) is 0 Å². The van der Waals surface area contributed by atoms with Gasteiger partial charge in [-0.2, -0.15) is 0 Å². The molecule has 2 aliphatic carbocycles. The molecule has 11 nitrogen and oxygen atoms in total. The number of hydrogen-bond acceptors (Lipinski definition) is 11. The average molecular weight is 453 g/mol. The van der Waals surface area contributed by atoms with Crippen LogP contribution in [0.15, 0.2) is 33.2 Å². The van der Waals surface area contributed by atoms with Gasteiger partial charge in [0.2, 0.25) is 5.79 Å². The molecule has 8 N–H and O–H groups in total. The molecule has 12 heteroatoms. The minimum Gasteiger partial charge on any atom is -0.454 e. The molecule has 3 heterocycles. The fraction of sp³-hybridized carbons (Fsp3) is 0.632. The Balaban J connectivity index is 1.42. The van der Waals surface area contributed by atoms with Gasteiger partial charge >= 0.3 is 5.97 Å². The first-order valence-electron chi connectivity index (χ1n) is 10.2. The number of carbonyl (C=O) groups is 1. The topological polar surface area (TPSA) is 179 Å². The lowest BCUT2D eigenvalue weighted by atomic mass is 9.83. The zero-order chi connectivity index (χ0) is 22.2. The first-order valence-corrected chi connectivity index (χ1v) is 10.6. The van der Waals surface area contributed by atoms with Gasteiger partial charge in [0.1, 0.15) is 12.1 Å². The molecule has 1 saturated carbocycles. The third-order valence-electron chi connectivity index (χ3n) is 7.14. The number of guanidine groups is 2. The summed E-state index contributed by atoms with van der Waals surface area (Å²) in [7, 11) is 0. The lowest BCUT2D eigenvalue weighted by Gasteiger charge is -2.48. The number of ether oxygens (including phenoxy) is 1. The number of aliphatic imine (C=N–C) groups is 2. The van der Waals surface area contributed by atoms with Crippen molar-refractivity contribution in [1.82, 2.24) is 10.2 Å². The van der Waals surface area contributed by atoms with Crippen LogP contribution in [0.25, 0.3) is 0 Å². The molecule has 5 aliphatic rings. The molecule has 2 fully saturated rings. The molecular weight excluding hydrogens is 428 g/mol. The van der Waals surface area contributed by atoms with Crippen LogP contribution >= 0.6 is 11.6 Å². The normalized spacial score (nSPS) is 39.0. The highest BCUT2D eigenvalue weighted by molar-refractivity contribution is 6.31. The van der Waals surface area contributed by atoms with Gasteiger partial charge in [-0.05, 0) is 31.3 Å². The molecule has 3 aliphatic heterocycles. The van der Waals surface area contributed by atoms with Crippen molar-refractivity contribution in [3.05, 3.63) is 23.3 Å². The maximum absolute atomic E-state index is 13.2. The van der Waals surface area contributed by atoms with Crippen LogP contribution in [-0.2, 0) is 9.53 Å². The Labute approximate surface area is 183 Å². The molecule has 0 aromatic heterocycles. The van der Waals surface area contributed by atoms with Crippen molar-refractivity contribution < 1.29 is 24.9 Å². The number of allylic oxidation sites excluding steroid dienone is 4. The van der Waals surface area contributed by atoms with Crippen molar-refractivity contribution in [2.75, 3.05) is 13.2 Å². The van der Waals surface area contributed by atoms with Gasteiger partial charge in [-0.3, -0.25) is 4.79 Å². The Morgan fingerprint density at radius 2 is 2.10 bits per heavy atom. The standard InChI is InChI=1S/C19H25ClN6O5/c20-10-3-1-9(2-4-10)17(5-6-17)14(28)31-12-7-26-16(22)23-11(8-27)13-18(26,19(12,29)30)25-15(21)24-13/h1,3-4,9,11-13,27,29-30H,2,5-8H2,(H2,22,23)(H3,21,24,25)/t9-,11-,12-,13?,18-/m0/s1. The van der Waals surface area contributed by atoms with Crippen LogP contribution in [0.5, 0.6) is 0 Å². The van der Waals surface area contributed by atoms with Crippen molar-refractivity contribution in [2.24, 2.45) is 32.8 Å². The second-order valence-corrected chi connectivity index (χ2v) is 9.20. The minimum absolute atomic E-state index is 0.0325. The van der Waals surface area contributed by atoms with E-state index < -0.39 is 47.6 Å². The number of aliphatic hydroxyl groups excluding tert-OH is 1. The van der Waals surface area contributed by atoms with Crippen LogP contribution in [-0.4, -0.2) is 80.9 Å². The van der Waals surface area contributed by atoms with Gasteiger partial charge < -0.3 is 41.7 Å². The van der Waals surface area contributed by atoms with Crippen molar-refractivity contribution >= 4 is 29.5 Å². The van der Waals surface area contributed by atoms with E-state index in [-0.39, 0.29) is 24.4 Å². The molecule has 0 aromatic rings. The van der Waals surface area contributed by atoms with Crippen molar-refractivity contribution in [3.63, 3.8) is 0 Å². The third-order valence-corrected chi connectivity index (χ3v) is 7.42.